The van der Waals surface area contributed by atoms with E-state index < -0.39 is 0 Å². The maximum Gasteiger partial charge on any atom is 0.254 e. The number of aryl methyl sites for hydroxylation is 1. The van der Waals surface area contributed by atoms with E-state index in [1.54, 1.807) is 17.0 Å². The third-order valence-electron chi connectivity index (χ3n) is 3.29. The maximum absolute atomic E-state index is 12.3. The van der Waals surface area contributed by atoms with E-state index in [4.69, 9.17) is 16.7 Å². The predicted octanol–water partition coefficient (Wildman–Crippen LogP) is 1.75. The van der Waals surface area contributed by atoms with Gasteiger partial charge in [-0.3, -0.25) is 4.79 Å². The average molecular weight is 269 g/mol. The monoisotopic (exact) mass is 268 g/mol. The maximum atomic E-state index is 12.3. The Balaban J connectivity index is 2.16. The van der Waals surface area contributed by atoms with Gasteiger partial charge in [-0.2, -0.15) is 0 Å². The lowest BCUT2D eigenvalue weighted by molar-refractivity contribution is 0.0781. The van der Waals surface area contributed by atoms with Crippen LogP contribution in [0.15, 0.2) is 12.1 Å². The molecule has 5 heteroatoms. The van der Waals surface area contributed by atoms with Crippen LogP contribution in [0.25, 0.3) is 0 Å². The molecule has 0 aliphatic carbocycles. The summed E-state index contributed by atoms with van der Waals surface area (Å²) in [5.41, 5.74) is 1.41. The number of carbonyl (C=O) groups is 1. The van der Waals surface area contributed by atoms with Crippen molar-refractivity contribution >= 4 is 17.5 Å². The van der Waals surface area contributed by atoms with E-state index in [-0.39, 0.29) is 18.4 Å². The minimum Gasteiger partial charge on any atom is -0.396 e. The second-order valence-corrected chi connectivity index (χ2v) is 5.00. The summed E-state index contributed by atoms with van der Waals surface area (Å²) in [5, 5.41) is 9.45. The van der Waals surface area contributed by atoms with Crippen LogP contribution in [0.4, 0.5) is 0 Å². The lowest BCUT2D eigenvalue weighted by Crippen LogP contribution is -2.29. The van der Waals surface area contributed by atoms with Crippen LogP contribution in [0, 0.1) is 5.92 Å². The normalized spacial score (nSPS) is 19.3. The number of pyridine rings is 1. The highest BCUT2D eigenvalue weighted by Gasteiger charge is 2.26. The highest BCUT2D eigenvalue weighted by atomic mass is 35.5. The molecule has 1 N–H and O–H groups in total. The van der Waals surface area contributed by atoms with Crippen LogP contribution in [-0.4, -0.2) is 40.6 Å². The van der Waals surface area contributed by atoms with Gasteiger partial charge < -0.3 is 10.0 Å². The Morgan fingerprint density at radius 1 is 1.61 bits per heavy atom. The van der Waals surface area contributed by atoms with Gasteiger partial charge in [0.25, 0.3) is 5.91 Å². The van der Waals surface area contributed by atoms with Gasteiger partial charge in [0.1, 0.15) is 5.15 Å². The number of aromatic nitrogens is 1. The standard InChI is InChI=1S/C13H17ClN2O2/c1-2-11-5-10(6-12(14)15-11)13(18)16-4-3-9(7-16)8-17/h5-6,9,17H,2-4,7-8H2,1H3. The highest BCUT2D eigenvalue weighted by Crippen LogP contribution is 2.20. The van der Waals surface area contributed by atoms with Gasteiger partial charge in [0.05, 0.1) is 0 Å². The molecule has 18 heavy (non-hydrogen) atoms. The molecule has 1 aromatic rings. The molecule has 1 amide bonds. The van der Waals surface area contributed by atoms with Gasteiger partial charge in [0.2, 0.25) is 0 Å². The number of likely N-dealkylation sites (tertiary alicyclic amines) is 1. The topological polar surface area (TPSA) is 53.4 Å². The number of carbonyl (C=O) groups excluding carboxylic acids is 1. The summed E-state index contributed by atoms with van der Waals surface area (Å²) in [4.78, 5) is 18.2. The first-order valence-electron chi connectivity index (χ1n) is 6.20. The number of amides is 1. The van der Waals surface area contributed by atoms with Gasteiger partial charge in [-0.1, -0.05) is 18.5 Å². The van der Waals surface area contributed by atoms with Crippen molar-refractivity contribution in [3.63, 3.8) is 0 Å². The third-order valence-corrected chi connectivity index (χ3v) is 3.48. The number of hydrogen-bond acceptors (Lipinski definition) is 3. The Labute approximate surface area is 112 Å². The van der Waals surface area contributed by atoms with Gasteiger partial charge in [-0.15, -0.1) is 0 Å². The first-order chi connectivity index (χ1) is 8.63. The third kappa shape index (κ3) is 2.82. The molecule has 2 heterocycles. The molecule has 4 nitrogen and oxygen atoms in total. The summed E-state index contributed by atoms with van der Waals surface area (Å²) in [6.07, 6.45) is 1.61. The smallest absolute Gasteiger partial charge is 0.254 e. The second kappa shape index (κ2) is 5.67. The van der Waals surface area contributed by atoms with Crippen molar-refractivity contribution in [1.82, 2.24) is 9.88 Å². The van der Waals surface area contributed by atoms with Gasteiger partial charge in [0.15, 0.2) is 0 Å². The zero-order valence-corrected chi connectivity index (χ0v) is 11.2. The molecule has 0 radical (unpaired) electrons. The van der Waals surface area contributed by atoms with Crippen LogP contribution in [0.1, 0.15) is 29.4 Å². The van der Waals surface area contributed by atoms with E-state index in [0.29, 0.717) is 23.8 Å². The number of hydrogen-bond donors (Lipinski definition) is 1. The molecule has 0 aromatic carbocycles. The first kappa shape index (κ1) is 13.3. The van der Waals surface area contributed by atoms with Gasteiger partial charge in [-0.25, -0.2) is 4.98 Å². The fourth-order valence-corrected chi connectivity index (χ4v) is 2.43. The molecular formula is C13H17ClN2O2. The number of aliphatic hydroxyl groups is 1. The van der Waals surface area contributed by atoms with Gasteiger partial charge in [-0.05, 0) is 25.0 Å². The van der Waals surface area contributed by atoms with Crippen molar-refractivity contribution in [3.8, 4) is 0 Å². The van der Waals surface area contributed by atoms with Crippen LogP contribution < -0.4 is 0 Å². The Morgan fingerprint density at radius 2 is 2.39 bits per heavy atom. The summed E-state index contributed by atoms with van der Waals surface area (Å²) >= 11 is 5.91. The van der Waals surface area contributed by atoms with Gasteiger partial charge >= 0.3 is 0 Å². The Kier molecular flexibility index (Phi) is 4.19. The van der Waals surface area contributed by atoms with E-state index in [0.717, 1.165) is 18.5 Å². The molecule has 1 atom stereocenters. The number of aliphatic hydroxyl groups excluding tert-OH is 1. The van der Waals surface area contributed by atoms with Crippen LogP contribution in [0.3, 0.4) is 0 Å². The lowest BCUT2D eigenvalue weighted by Gasteiger charge is -2.16. The Morgan fingerprint density at radius 3 is 3.00 bits per heavy atom. The second-order valence-electron chi connectivity index (χ2n) is 4.61. The molecule has 1 aromatic heterocycles. The van der Waals surface area contributed by atoms with E-state index in [1.165, 1.54) is 0 Å². The lowest BCUT2D eigenvalue weighted by atomic mass is 10.1. The van der Waals surface area contributed by atoms with Crippen LogP contribution in [0.5, 0.6) is 0 Å². The molecule has 1 fully saturated rings. The summed E-state index contributed by atoms with van der Waals surface area (Å²) in [6.45, 7) is 3.44. The van der Waals surface area contributed by atoms with Crippen molar-refractivity contribution < 1.29 is 9.90 Å². The SMILES string of the molecule is CCc1cc(C(=O)N2CCC(CO)C2)cc(Cl)n1. The molecule has 1 aliphatic heterocycles. The van der Waals surface area contributed by atoms with E-state index in [2.05, 4.69) is 4.98 Å². The minimum absolute atomic E-state index is 0.0232. The van der Waals surface area contributed by atoms with Crippen molar-refractivity contribution in [2.24, 2.45) is 5.92 Å². The Bertz CT molecular complexity index is 451. The highest BCUT2D eigenvalue weighted by molar-refractivity contribution is 6.29. The van der Waals surface area contributed by atoms with E-state index in [1.807, 2.05) is 6.92 Å². The quantitative estimate of drug-likeness (QED) is 0.850. The summed E-state index contributed by atoms with van der Waals surface area (Å²) in [6, 6.07) is 3.40. The summed E-state index contributed by atoms with van der Waals surface area (Å²) in [5.74, 6) is 0.182. The molecule has 1 saturated heterocycles. The average Bonchev–Trinajstić information content (AvgIpc) is 2.85. The molecule has 0 bridgehead atoms. The fourth-order valence-electron chi connectivity index (χ4n) is 2.20. The molecular weight excluding hydrogens is 252 g/mol. The molecule has 98 valence electrons. The van der Waals surface area contributed by atoms with Crippen LogP contribution >= 0.6 is 11.6 Å². The molecule has 0 spiro atoms. The van der Waals surface area contributed by atoms with E-state index >= 15 is 0 Å². The van der Waals surface area contributed by atoms with Gasteiger partial charge in [0, 0.05) is 36.9 Å². The molecule has 0 saturated carbocycles. The van der Waals surface area contributed by atoms with E-state index in [9.17, 15) is 4.79 Å². The molecule has 1 unspecified atom stereocenters. The van der Waals surface area contributed by atoms with Crippen molar-refractivity contribution in [3.05, 3.63) is 28.5 Å². The van der Waals surface area contributed by atoms with Crippen molar-refractivity contribution in [2.45, 2.75) is 19.8 Å². The van der Waals surface area contributed by atoms with Crippen molar-refractivity contribution in [1.29, 1.82) is 0 Å². The fraction of sp³-hybridized carbons (Fsp3) is 0.538. The zero-order valence-electron chi connectivity index (χ0n) is 10.4. The first-order valence-corrected chi connectivity index (χ1v) is 6.58. The predicted molar refractivity (Wildman–Crippen MR) is 69.7 cm³/mol. The zero-order chi connectivity index (χ0) is 13.1. The van der Waals surface area contributed by atoms with Crippen LogP contribution in [-0.2, 0) is 6.42 Å². The summed E-state index contributed by atoms with van der Waals surface area (Å²) < 4.78 is 0. The summed E-state index contributed by atoms with van der Waals surface area (Å²) in [7, 11) is 0. The Hall–Kier alpha value is -1.13. The minimum atomic E-state index is -0.0232. The van der Waals surface area contributed by atoms with Crippen molar-refractivity contribution in [2.75, 3.05) is 19.7 Å². The molecule has 1 aliphatic rings. The number of nitrogens with zero attached hydrogens (tertiary/aromatic N) is 2. The number of halogens is 1. The largest absolute Gasteiger partial charge is 0.396 e. The number of rotatable bonds is 3. The van der Waals surface area contributed by atoms with Crippen LogP contribution in [0.2, 0.25) is 5.15 Å². The molecule has 2 rings (SSSR count).